The molecule has 0 heterocycles. The molecule has 1 nitrogen and oxygen atoms in total. The van der Waals surface area contributed by atoms with E-state index in [1.807, 2.05) is 7.05 Å². The van der Waals surface area contributed by atoms with Crippen molar-refractivity contribution in [1.82, 2.24) is 5.32 Å². The number of likely N-dealkylation sites (N-methyl/N-ethyl adjacent to an activating group) is 1. The fourth-order valence-electron chi connectivity index (χ4n) is 0.623. The van der Waals surface area contributed by atoms with Crippen LogP contribution in [0.1, 0.15) is 20.8 Å². The molecule has 1 heteroatoms. The van der Waals surface area contributed by atoms with Crippen molar-refractivity contribution in [3.05, 3.63) is 12.2 Å². The topological polar surface area (TPSA) is 12.0 Å². The van der Waals surface area contributed by atoms with Gasteiger partial charge in [-0.2, -0.15) is 0 Å². The van der Waals surface area contributed by atoms with Crippen LogP contribution in [0, 0.1) is 11.8 Å². The van der Waals surface area contributed by atoms with E-state index in [2.05, 4.69) is 38.2 Å². The van der Waals surface area contributed by atoms with Gasteiger partial charge in [0.15, 0.2) is 0 Å². The number of nitrogens with one attached hydrogen (secondary N) is 1. The summed E-state index contributed by atoms with van der Waals surface area (Å²) in [6, 6.07) is 0. The maximum Gasteiger partial charge on any atom is 0.0131 e. The molecule has 0 aliphatic rings. The van der Waals surface area contributed by atoms with Crippen molar-refractivity contribution in [1.29, 1.82) is 0 Å². The standard InChI is InChI=1S/C9H19N/c1-8(2)9(3)6-5-7-10-4/h5-6,8-10H,7H2,1-4H3/b6-5+. The van der Waals surface area contributed by atoms with Gasteiger partial charge in [-0.15, -0.1) is 0 Å². The van der Waals surface area contributed by atoms with E-state index in [-0.39, 0.29) is 0 Å². The lowest BCUT2D eigenvalue weighted by Crippen LogP contribution is -2.06. The van der Waals surface area contributed by atoms with E-state index in [0.29, 0.717) is 5.92 Å². The van der Waals surface area contributed by atoms with Crippen LogP contribution in [-0.4, -0.2) is 13.6 Å². The summed E-state index contributed by atoms with van der Waals surface area (Å²) in [7, 11) is 1.96. The zero-order chi connectivity index (χ0) is 7.98. The molecule has 10 heavy (non-hydrogen) atoms. The van der Waals surface area contributed by atoms with Gasteiger partial charge in [-0.05, 0) is 18.9 Å². The first-order valence-corrected chi connectivity index (χ1v) is 3.99. The van der Waals surface area contributed by atoms with Gasteiger partial charge in [-0.3, -0.25) is 0 Å². The van der Waals surface area contributed by atoms with Crippen molar-refractivity contribution >= 4 is 0 Å². The second kappa shape index (κ2) is 5.48. The minimum atomic E-state index is 0.702. The minimum Gasteiger partial charge on any atom is -0.316 e. The third-order valence-corrected chi connectivity index (χ3v) is 1.81. The largest absolute Gasteiger partial charge is 0.316 e. The average Bonchev–Trinajstić information content (AvgIpc) is 1.88. The van der Waals surface area contributed by atoms with E-state index in [9.17, 15) is 0 Å². The molecule has 0 bridgehead atoms. The van der Waals surface area contributed by atoms with Crippen LogP contribution < -0.4 is 5.32 Å². The molecular weight excluding hydrogens is 122 g/mol. The van der Waals surface area contributed by atoms with Crippen LogP contribution in [0.2, 0.25) is 0 Å². The van der Waals surface area contributed by atoms with E-state index < -0.39 is 0 Å². The summed E-state index contributed by atoms with van der Waals surface area (Å²) in [4.78, 5) is 0. The molecule has 0 aromatic carbocycles. The lowest BCUT2D eigenvalue weighted by Gasteiger charge is -2.09. The van der Waals surface area contributed by atoms with E-state index in [1.165, 1.54) is 0 Å². The third kappa shape index (κ3) is 4.57. The quantitative estimate of drug-likeness (QED) is 0.591. The Kier molecular flexibility index (Phi) is 5.32. The molecule has 0 amide bonds. The van der Waals surface area contributed by atoms with Gasteiger partial charge in [0.2, 0.25) is 0 Å². The molecule has 0 rings (SSSR count). The molecule has 1 unspecified atom stereocenters. The van der Waals surface area contributed by atoms with E-state index in [0.717, 1.165) is 12.5 Å². The van der Waals surface area contributed by atoms with Crippen LogP contribution >= 0.6 is 0 Å². The third-order valence-electron chi connectivity index (χ3n) is 1.81. The summed E-state index contributed by atoms with van der Waals surface area (Å²) < 4.78 is 0. The second-order valence-corrected chi connectivity index (χ2v) is 3.09. The van der Waals surface area contributed by atoms with Gasteiger partial charge in [0.25, 0.3) is 0 Å². The molecule has 0 saturated carbocycles. The number of hydrogen-bond acceptors (Lipinski definition) is 1. The van der Waals surface area contributed by atoms with Crippen LogP contribution in [0.15, 0.2) is 12.2 Å². The minimum absolute atomic E-state index is 0.702. The predicted molar refractivity (Wildman–Crippen MR) is 47.1 cm³/mol. The molecule has 0 radical (unpaired) electrons. The SMILES string of the molecule is CNC/C=C/C(C)C(C)C. The maximum atomic E-state index is 3.08. The molecule has 0 aromatic heterocycles. The first-order chi connectivity index (χ1) is 4.68. The summed E-state index contributed by atoms with van der Waals surface area (Å²) in [5, 5.41) is 3.08. The van der Waals surface area contributed by atoms with E-state index in [1.54, 1.807) is 0 Å². The molecular formula is C9H19N. The Bertz CT molecular complexity index is 94.9. The summed E-state index contributed by atoms with van der Waals surface area (Å²) in [6.07, 6.45) is 4.45. The normalized spacial score (nSPS) is 14.9. The average molecular weight is 141 g/mol. The molecule has 1 N–H and O–H groups in total. The fraction of sp³-hybridized carbons (Fsp3) is 0.778. The van der Waals surface area contributed by atoms with Gasteiger partial charge >= 0.3 is 0 Å². The first kappa shape index (κ1) is 9.70. The van der Waals surface area contributed by atoms with Gasteiger partial charge in [0, 0.05) is 6.54 Å². The highest BCUT2D eigenvalue weighted by Crippen LogP contribution is 2.09. The Hall–Kier alpha value is -0.300. The second-order valence-electron chi connectivity index (χ2n) is 3.09. The summed E-state index contributed by atoms with van der Waals surface area (Å²) in [5.41, 5.74) is 0. The highest BCUT2D eigenvalue weighted by Gasteiger charge is 2.00. The molecule has 0 aliphatic heterocycles. The van der Waals surface area contributed by atoms with Crippen molar-refractivity contribution in [2.75, 3.05) is 13.6 Å². The summed E-state index contributed by atoms with van der Waals surface area (Å²) >= 11 is 0. The lowest BCUT2D eigenvalue weighted by molar-refractivity contribution is 0.503. The molecule has 0 saturated heterocycles. The smallest absolute Gasteiger partial charge is 0.0131 e. The molecule has 60 valence electrons. The van der Waals surface area contributed by atoms with Gasteiger partial charge in [-0.1, -0.05) is 32.9 Å². The van der Waals surface area contributed by atoms with Crippen molar-refractivity contribution < 1.29 is 0 Å². The van der Waals surface area contributed by atoms with Crippen molar-refractivity contribution in [2.24, 2.45) is 11.8 Å². The van der Waals surface area contributed by atoms with Crippen molar-refractivity contribution in [2.45, 2.75) is 20.8 Å². The van der Waals surface area contributed by atoms with Crippen molar-refractivity contribution in [3.63, 3.8) is 0 Å². The summed E-state index contributed by atoms with van der Waals surface area (Å²) in [5.74, 6) is 1.46. The van der Waals surface area contributed by atoms with Gasteiger partial charge in [0.1, 0.15) is 0 Å². The molecule has 1 atom stereocenters. The van der Waals surface area contributed by atoms with E-state index >= 15 is 0 Å². The number of allylic oxidation sites excluding steroid dienone is 1. The Labute approximate surface area is 64.5 Å². The van der Waals surface area contributed by atoms with Gasteiger partial charge in [-0.25, -0.2) is 0 Å². The van der Waals surface area contributed by atoms with Crippen LogP contribution in [0.5, 0.6) is 0 Å². The summed E-state index contributed by atoms with van der Waals surface area (Å²) in [6.45, 7) is 7.72. The first-order valence-electron chi connectivity index (χ1n) is 3.99. The molecule has 0 fully saturated rings. The van der Waals surface area contributed by atoms with Crippen LogP contribution in [0.4, 0.5) is 0 Å². The highest BCUT2D eigenvalue weighted by molar-refractivity contribution is 4.88. The molecule has 0 aliphatic carbocycles. The van der Waals surface area contributed by atoms with Crippen LogP contribution in [0.25, 0.3) is 0 Å². The van der Waals surface area contributed by atoms with Gasteiger partial charge in [0.05, 0.1) is 0 Å². The predicted octanol–water partition coefficient (Wildman–Crippen LogP) is 2.05. The van der Waals surface area contributed by atoms with Gasteiger partial charge < -0.3 is 5.32 Å². The van der Waals surface area contributed by atoms with Crippen molar-refractivity contribution in [3.8, 4) is 0 Å². The van der Waals surface area contributed by atoms with Crippen LogP contribution in [-0.2, 0) is 0 Å². The number of hydrogen-bond donors (Lipinski definition) is 1. The Balaban J connectivity index is 3.45. The Morgan fingerprint density at radius 3 is 2.30 bits per heavy atom. The zero-order valence-corrected chi connectivity index (χ0v) is 7.52. The van der Waals surface area contributed by atoms with E-state index in [4.69, 9.17) is 0 Å². The highest BCUT2D eigenvalue weighted by atomic mass is 14.8. The lowest BCUT2D eigenvalue weighted by atomic mass is 9.98. The maximum absolute atomic E-state index is 3.08. The Morgan fingerprint density at radius 2 is 1.90 bits per heavy atom. The monoisotopic (exact) mass is 141 g/mol. The fourth-order valence-corrected chi connectivity index (χ4v) is 0.623. The zero-order valence-electron chi connectivity index (χ0n) is 7.52. The van der Waals surface area contributed by atoms with Crippen LogP contribution in [0.3, 0.4) is 0 Å². The number of rotatable bonds is 4. The molecule has 0 spiro atoms. The Morgan fingerprint density at radius 1 is 1.30 bits per heavy atom. The molecule has 0 aromatic rings.